The van der Waals surface area contributed by atoms with Crippen molar-refractivity contribution in [3.05, 3.63) is 87.9 Å². The first-order valence-corrected chi connectivity index (χ1v) is 11.1. The van der Waals surface area contributed by atoms with Gasteiger partial charge in [0.15, 0.2) is 0 Å². The van der Waals surface area contributed by atoms with Crippen molar-refractivity contribution in [2.45, 2.75) is 11.3 Å². The van der Waals surface area contributed by atoms with E-state index in [1.165, 1.54) is 42.5 Å². The van der Waals surface area contributed by atoms with Crippen LogP contribution in [-0.2, 0) is 16.4 Å². The summed E-state index contributed by atoms with van der Waals surface area (Å²) in [4.78, 5) is 12.9. The van der Waals surface area contributed by atoms with Gasteiger partial charge in [-0.2, -0.15) is 0 Å². The first kappa shape index (κ1) is 22.1. The lowest BCUT2D eigenvalue weighted by Gasteiger charge is -2.15. The van der Waals surface area contributed by atoms with Crippen molar-refractivity contribution >= 4 is 50.5 Å². The predicted octanol–water partition coefficient (Wildman–Crippen LogP) is 4.58. The Balaban J connectivity index is 1.92. The molecule has 1 amide bonds. The molecule has 6 nitrogen and oxygen atoms in total. The van der Waals surface area contributed by atoms with E-state index in [0.717, 1.165) is 5.56 Å². The van der Waals surface area contributed by atoms with Crippen LogP contribution in [0.15, 0.2) is 71.6 Å². The molecule has 3 aromatic carbocycles. The molecule has 3 rings (SSSR count). The fraction of sp³-hybridized carbons (Fsp3) is 0.0952. The number of sulfonamides is 1. The van der Waals surface area contributed by atoms with Crippen molar-refractivity contribution in [1.82, 2.24) is 0 Å². The van der Waals surface area contributed by atoms with Gasteiger partial charge in [-0.3, -0.25) is 9.52 Å². The largest absolute Gasteiger partial charge is 0.396 e. The van der Waals surface area contributed by atoms with Crippen molar-refractivity contribution in [1.29, 1.82) is 0 Å². The van der Waals surface area contributed by atoms with Crippen LogP contribution in [0.2, 0.25) is 10.0 Å². The van der Waals surface area contributed by atoms with Crippen LogP contribution in [0, 0.1) is 0 Å². The zero-order chi connectivity index (χ0) is 21.7. The molecule has 0 aliphatic heterocycles. The predicted molar refractivity (Wildman–Crippen MR) is 119 cm³/mol. The molecule has 0 unspecified atom stereocenters. The maximum Gasteiger partial charge on any atom is 0.261 e. The monoisotopic (exact) mass is 464 g/mol. The molecule has 0 aromatic heterocycles. The molecule has 156 valence electrons. The number of aliphatic hydroxyl groups is 1. The molecule has 0 saturated carbocycles. The standard InChI is InChI=1S/C21H18Cl2N2O4S/c22-15-5-8-17(9-6-15)30(28,29)25-20-10-7-16(23)13-18(20)21(27)24-19-4-2-1-3-14(19)11-12-26/h1-10,13,25-26H,11-12H2,(H,24,27). The summed E-state index contributed by atoms with van der Waals surface area (Å²) < 4.78 is 27.9. The SMILES string of the molecule is O=C(Nc1ccccc1CCO)c1cc(Cl)ccc1NS(=O)(=O)c1ccc(Cl)cc1. The van der Waals surface area contributed by atoms with Crippen molar-refractivity contribution in [3.8, 4) is 0 Å². The van der Waals surface area contributed by atoms with Gasteiger partial charge in [0.25, 0.3) is 15.9 Å². The average molecular weight is 465 g/mol. The summed E-state index contributed by atoms with van der Waals surface area (Å²) in [6.45, 7) is -0.0732. The van der Waals surface area contributed by atoms with Crippen LogP contribution >= 0.6 is 23.2 Å². The lowest BCUT2D eigenvalue weighted by molar-refractivity contribution is 0.102. The summed E-state index contributed by atoms with van der Waals surface area (Å²) >= 11 is 11.9. The number of carbonyl (C=O) groups is 1. The molecule has 0 aliphatic rings. The second-order valence-corrected chi connectivity index (χ2v) is 8.89. The molecule has 0 atom stereocenters. The molecule has 30 heavy (non-hydrogen) atoms. The van der Waals surface area contributed by atoms with E-state index in [0.29, 0.717) is 17.1 Å². The Bertz CT molecular complexity index is 1170. The Labute approximate surface area is 184 Å². The van der Waals surface area contributed by atoms with Crippen LogP contribution in [0.5, 0.6) is 0 Å². The number of halogens is 2. The topological polar surface area (TPSA) is 95.5 Å². The van der Waals surface area contributed by atoms with Gasteiger partial charge in [0.05, 0.1) is 16.1 Å². The summed E-state index contributed by atoms with van der Waals surface area (Å²) in [6, 6.07) is 17.0. The van der Waals surface area contributed by atoms with Crippen molar-refractivity contribution in [2.24, 2.45) is 0 Å². The molecule has 3 N–H and O–H groups in total. The van der Waals surface area contributed by atoms with Crippen molar-refractivity contribution in [2.75, 3.05) is 16.6 Å². The van der Waals surface area contributed by atoms with Crippen LogP contribution < -0.4 is 10.0 Å². The van der Waals surface area contributed by atoms with Gasteiger partial charge in [0.2, 0.25) is 0 Å². The van der Waals surface area contributed by atoms with Gasteiger partial charge in [-0.15, -0.1) is 0 Å². The molecule has 0 bridgehead atoms. The van der Waals surface area contributed by atoms with E-state index < -0.39 is 15.9 Å². The van der Waals surface area contributed by atoms with Gasteiger partial charge in [-0.25, -0.2) is 8.42 Å². The second-order valence-electron chi connectivity index (χ2n) is 6.33. The number of hydrogen-bond donors (Lipinski definition) is 3. The van der Waals surface area contributed by atoms with Gasteiger partial charge in [0.1, 0.15) is 0 Å². The zero-order valence-corrected chi connectivity index (χ0v) is 17.9. The maximum atomic E-state index is 12.9. The fourth-order valence-electron chi connectivity index (χ4n) is 2.78. The zero-order valence-electron chi connectivity index (χ0n) is 15.6. The highest BCUT2D eigenvalue weighted by molar-refractivity contribution is 7.92. The highest BCUT2D eigenvalue weighted by Gasteiger charge is 2.20. The smallest absolute Gasteiger partial charge is 0.261 e. The summed E-state index contributed by atoms with van der Waals surface area (Å²) in [5, 5.41) is 12.6. The third-order valence-electron chi connectivity index (χ3n) is 4.24. The number of hydrogen-bond acceptors (Lipinski definition) is 4. The summed E-state index contributed by atoms with van der Waals surface area (Å²) in [5.41, 5.74) is 1.40. The van der Waals surface area contributed by atoms with E-state index in [1.54, 1.807) is 24.3 Å². The number of carbonyl (C=O) groups excluding carboxylic acids is 1. The molecule has 3 aromatic rings. The van der Waals surface area contributed by atoms with E-state index in [-0.39, 0.29) is 27.8 Å². The quantitative estimate of drug-likeness (QED) is 0.476. The minimum absolute atomic E-state index is 0.00139. The summed E-state index contributed by atoms with van der Waals surface area (Å²) in [7, 11) is -3.95. The van der Waals surface area contributed by atoms with Gasteiger partial charge >= 0.3 is 0 Å². The van der Waals surface area contributed by atoms with Gasteiger partial charge in [0, 0.05) is 22.3 Å². The third kappa shape index (κ3) is 5.31. The maximum absolute atomic E-state index is 12.9. The first-order chi connectivity index (χ1) is 14.3. The van der Waals surface area contributed by atoms with Crippen LogP contribution in [0.25, 0.3) is 0 Å². The Morgan fingerprint density at radius 2 is 1.57 bits per heavy atom. The minimum Gasteiger partial charge on any atom is -0.396 e. The number of benzene rings is 3. The molecule has 0 saturated heterocycles. The van der Waals surface area contributed by atoms with E-state index in [1.807, 2.05) is 0 Å². The lowest BCUT2D eigenvalue weighted by Crippen LogP contribution is -2.19. The summed E-state index contributed by atoms with van der Waals surface area (Å²) in [5.74, 6) is -0.545. The lowest BCUT2D eigenvalue weighted by atomic mass is 10.1. The molecule has 0 heterocycles. The molecule has 0 aliphatic carbocycles. The highest BCUT2D eigenvalue weighted by atomic mass is 35.5. The van der Waals surface area contributed by atoms with Crippen LogP contribution in [0.4, 0.5) is 11.4 Å². The fourth-order valence-corrected chi connectivity index (χ4v) is 4.16. The van der Waals surface area contributed by atoms with Crippen LogP contribution in [0.1, 0.15) is 15.9 Å². The second kappa shape index (κ2) is 9.49. The Morgan fingerprint density at radius 3 is 2.27 bits per heavy atom. The molecule has 9 heteroatoms. The third-order valence-corrected chi connectivity index (χ3v) is 6.11. The normalized spacial score (nSPS) is 11.2. The highest BCUT2D eigenvalue weighted by Crippen LogP contribution is 2.26. The van der Waals surface area contributed by atoms with Crippen molar-refractivity contribution < 1.29 is 18.3 Å². The first-order valence-electron chi connectivity index (χ1n) is 8.88. The Kier molecular flexibility index (Phi) is 6.99. The average Bonchev–Trinajstić information content (AvgIpc) is 2.71. The van der Waals surface area contributed by atoms with E-state index in [2.05, 4.69) is 10.0 Å². The summed E-state index contributed by atoms with van der Waals surface area (Å²) in [6.07, 6.45) is 0.363. The number of para-hydroxylation sites is 1. The van der Waals surface area contributed by atoms with E-state index in [9.17, 15) is 18.3 Å². The molecular formula is C21H18Cl2N2O4S. The van der Waals surface area contributed by atoms with Crippen molar-refractivity contribution in [3.63, 3.8) is 0 Å². The molecular weight excluding hydrogens is 447 g/mol. The van der Waals surface area contributed by atoms with E-state index in [4.69, 9.17) is 23.2 Å². The Morgan fingerprint density at radius 1 is 0.900 bits per heavy atom. The van der Waals surface area contributed by atoms with Gasteiger partial charge in [-0.05, 0) is 60.5 Å². The Hall–Kier alpha value is -2.58. The van der Waals surface area contributed by atoms with Gasteiger partial charge in [-0.1, -0.05) is 41.4 Å². The molecule has 0 fully saturated rings. The van der Waals surface area contributed by atoms with E-state index >= 15 is 0 Å². The molecule has 0 radical (unpaired) electrons. The number of anilines is 2. The van der Waals surface area contributed by atoms with Crippen LogP contribution in [0.3, 0.4) is 0 Å². The number of nitrogens with one attached hydrogen (secondary N) is 2. The number of aliphatic hydroxyl groups excluding tert-OH is 1. The number of amides is 1. The van der Waals surface area contributed by atoms with Gasteiger partial charge < -0.3 is 10.4 Å². The minimum atomic E-state index is -3.95. The van der Waals surface area contributed by atoms with Crippen LogP contribution in [-0.4, -0.2) is 26.0 Å². The number of rotatable bonds is 7. The molecule has 0 spiro atoms.